The van der Waals surface area contributed by atoms with Gasteiger partial charge in [0.15, 0.2) is 0 Å². The summed E-state index contributed by atoms with van der Waals surface area (Å²) in [5.74, 6) is 1.68. The molecule has 0 radical (unpaired) electrons. The van der Waals surface area contributed by atoms with Gasteiger partial charge in [0.05, 0.1) is 0 Å². The Labute approximate surface area is 63.4 Å². The lowest BCUT2D eigenvalue weighted by Crippen LogP contribution is -2.41. The Bertz CT molecular complexity index is 93.4. The van der Waals surface area contributed by atoms with E-state index in [1.54, 1.807) is 0 Å². The molecule has 1 saturated heterocycles. The number of nitrogens with zero attached hydrogens (tertiary/aromatic N) is 1. The first-order valence-corrected chi connectivity index (χ1v) is 4.14. The minimum atomic E-state index is 0.731. The van der Waals surface area contributed by atoms with Crippen molar-refractivity contribution in [2.24, 2.45) is 17.6 Å². The molecule has 2 N–H and O–H groups in total. The summed E-state index contributed by atoms with van der Waals surface area (Å²) in [7, 11) is 0. The molecular formula is C8H18N2. The van der Waals surface area contributed by atoms with Gasteiger partial charge in [-0.2, -0.15) is 0 Å². The van der Waals surface area contributed by atoms with Crippen molar-refractivity contribution in [2.75, 3.05) is 19.8 Å². The Hall–Kier alpha value is -0.0800. The summed E-state index contributed by atoms with van der Waals surface area (Å²) < 4.78 is 0. The SMILES string of the molecule is CC1CC(C)CN(CN)C1. The van der Waals surface area contributed by atoms with Crippen LogP contribution in [0.25, 0.3) is 0 Å². The molecule has 1 rings (SSSR count). The van der Waals surface area contributed by atoms with Crippen LogP contribution in [0.2, 0.25) is 0 Å². The highest BCUT2D eigenvalue weighted by atomic mass is 15.2. The van der Waals surface area contributed by atoms with Crippen molar-refractivity contribution in [1.29, 1.82) is 0 Å². The van der Waals surface area contributed by atoms with Crippen molar-refractivity contribution >= 4 is 0 Å². The Morgan fingerprint density at radius 1 is 1.30 bits per heavy atom. The van der Waals surface area contributed by atoms with Crippen LogP contribution >= 0.6 is 0 Å². The molecule has 0 aliphatic carbocycles. The zero-order valence-electron chi connectivity index (χ0n) is 7.01. The Balaban J connectivity index is 2.35. The number of rotatable bonds is 1. The Morgan fingerprint density at radius 3 is 2.20 bits per heavy atom. The molecule has 0 bridgehead atoms. The Kier molecular flexibility index (Phi) is 2.69. The van der Waals surface area contributed by atoms with Gasteiger partial charge in [0.2, 0.25) is 0 Å². The number of nitrogens with two attached hydrogens (primary N) is 1. The van der Waals surface area contributed by atoms with Crippen LogP contribution < -0.4 is 5.73 Å². The summed E-state index contributed by atoms with van der Waals surface area (Å²) in [5.41, 5.74) is 5.55. The second kappa shape index (κ2) is 3.35. The quantitative estimate of drug-likeness (QED) is 0.589. The minimum Gasteiger partial charge on any atom is -0.318 e. The molecule has 1 fully saturated rings. The lowest BCUT2D eigenvalue weighted by atomic mass is 9.92. The van der Waals surface area contributed by atoms with Gasteiger partial charge in [0, 0.05) is 19.8 Å². The molecule has 2 nitrogen and oxygen atoms in total. The summed E-state index contributed by atoms with van der Waals surface area (Å²) in [6.45, 7) is 7.73. The first-order chi connectivity index (χ1) is 4.72. The molecule has 2 unspecified atom stereocenters. The molecule has 0 aromatic heterocycles. The van der Waals surface area contributed by atoms with E-state index in [-0.39, 0.29) is 0 Å². The second-order valence-electron chi connectivity index (χ2n) is 3.66. The average molecular weight is 142 g/mol. The molecule has 1 heterocycles. The van der Waals surface area contributed by atoms with Crippen LogP contribution in [0.5, 0.6) is 0 Å². The molecule has 0 amide bonds. The molecule has 0 aromatic rings. The highest BCUT2D eigenvalue weighted by Crippen LogP contribution is 2.19. The van der Waals surface area contributed by atoms with Crippen molar-refractivity contribution in [3.8, 4) is 0 Å². The smallest absolute Gasteiger partial charge is 0.0455 e. The van der Waals surface area contributed by atoms with Gasteiger partial charge < -0.3 is 5.73 Å². The maximum absolute atomic E-state index is 5.55. The predicted octanol–water partition coefficient (Wildman–Crippen LogP) is 0.881. The van der Waals surface area contributed by atoms with Gasteiger partial charge in [-0.05, 0) is 18.3 Å². The van der Waals surface area contributed by atoms with Crippen molar-refractivity contribution < 1.29 is 0 Å². The third-order valence-corrected chi connectivity index (χ3v) is 2.20. The monoisotopic (exact) mass is 142 g/mol. The average Bonchev–Trinajstić information content (AvgIpc) is 1.85. The first kappa shape index (κ1) is 8.02. The summed E-state index contributed by atoms with van der Waals surface area (Å²) in [6.07, 6.45) is 1.37. The summed E-state index contributed by atoms with van der Waals surface area (Å²) in [6, 6.07) is 0. The van der Waals surface area contributed by atoms with E-state index >= 15 is 0 Å². The molecule has 1 aliphatic rings. The molecule has 2 atom stereocenters. The van der Waals surface area contributed by atoms with Gasteiger partial charge in [-0.25, -0.2) is 0 Å². The molecule has 2 heteroatoms. The van der Waals surface area contributed by atoms with Crippen molar-refractivity contribution in [3.05, 3.63) is 0 Å². The zero-order valence-corrected chi connectivity index (χ0v) is 7.01. The van der Waals surface area contributed by atoms with Crippen LogP contribution in [0.3, 0.4) is 0 Å². The molecule has 0 spiro atoms. The topological polar surface area (TPSA) is 29.3 Å². The maximum atomic E-state index is 5.55. The van der Waals surface area contributed by atoms with Crippen molar-refractivity contribution in [1.82, 2.24) is 4.90 Å². The van der Waals surface area contributed by atoms with E-state index in [4.69, 9.17) is 5.73 Å². The zero-order chi connectivity index (χ0) is 7.56. The number of piperidine rings is 1. The van der Waals surface area contributed by atoms with E-state index in [9.17, 15) is 0 Å². The highest BCUT2D eigenvalue weighted by molar-refractivity contribution is 4.72. The van der Waals surface area contributed by atoms with E-state index in [2.05, 4.69) is 18.7 Å². The highest BCUT2D eigenvalue weighted by Gasteiger charge is 2.19. The van der Waals surface area contributed by atoms with E-state index in [0.29, 0.717) is 0 Å². The second-order valence-corrected chi connectivity index (χ2v) is 3.66. The summed E-state index contributed by atoms with van der Waals surface area (Å²) in [5, 5.41) is 0. The fraction of sp³-hybridized carbons (Fsp3) is 1.00. The van der Waals surface area contributed by atoms with Crippen LogP contribution in [0.15, 0.2) is 0 Å². The van der Waals surface area contributed by atoms with Gasteiger partial charge in [0.25, 0.3) is 0 Å². The largest absolute Gasteiger partial charge is 0.318 e. The van der Waals surface area contributed by atoms with E-state index < -0.39 is 0 Å². The first-order valence-electron chi connectivity index (χ1n) is 4.14. The molecule has 0 aromatic carbocycles. The van der Waals surface area contributed by atoms with Gasteiger partial charge in [0.1, 0.15) is 0 Å². The molecular weight excluding hydrogens is 124 g/mol. The third-order valence-electron chi connectivity index (χ3n) is 2.20. The lowest BCUT2D eigenvalue weighted by Gasteiger charge is -2.33. The van der Waals surface area contributed by atoms with Crippen LogP contribution in [0, 0.1) is 11.8 Å². The van der Waals surface area contributed by atoms with Crippen LogP contribution in [-0.4, -0.2) is 24.7 Å². The maximum Gasteiger partial charge on any atom is 0.0455 e. The molecule has 0 saturated carbocycles. The molecule has 1 aliphatic heterocycles. The fourth-order valence-corrected chi connectivity index (χ4v) is 1.94. The normalized spacial score (nSPS) is 36.3. The molecule has 60 valence electrons. The van der Waals surface area contributed by atoms with Crippen LogP contribution in [-0.2, 0) is 0 Å². The summed E-state index contributed by atoms with van der Waals surface area (Å²) >= 11 is 0. The number of likely N-dealkylation sites (tertiary alicyclic amines) is 1. The van der Waals surface area contributed by atoms with Crippen LogP contribution in [0.1, 0.15) is 20.3 Å². The van der Waals surface area contributed by atoms with E-state index in [0.717, 1.165) is 18.5 Å². The number of hydrogen-bond donors (Lipinski definition) is 1. The summed E-state index contributed by atoms with van der Waals surface area (Å²) in [4.78, 5) is 2.33. The third kappa shape index (κ3) is 1.96. The predicted molar refractivity (Wildman–Crippen MR) is 43.6 cm³/mol. The fourth-order valence-electron chi connectivity index (χ4n) is 1.94. The van der Waals surface area contributed by atoms with Crippen molar-refractivity contribution in [2.45, 2.75) is 20.3 Å². The Morgan fingerprint density at radius 2 is 1.80 bits per heavy atom. The van der Waals surface area contributed by atoms with Gasteiger partial charge >= 0.3 is 0 Å². The van der Waals surface area contributed by atoms with E-state index in [1.165, 1.54) is 19.5 Å². The van der Waals surface area contributed by atoms with Gasteiger partial charge in [-0.15, -0.1) is 0 Å². The van der Waals surface area contributed by atoms with Crippen LogP contribution in [0.4, 0.5) is 0 Å². The van der Waals surface area contributed by atoms with Gasteiger partial charge in [-0.3, -0.25) is 4.90 Å². The standard InChI is InChI=1S/C8H18N2/c1-7-3-8(2)5-10(4-7)6-9/h7-8H,3-6,9H2,1-2H3. The lowest BCUT2D eigenvalue weighted by molar-refractivity contribution is 0.144. The molecule has 10 heavy (non-hydrogen) atoms. The van der Waals surface area contributed by atoms with Crippen molar-refractivity contribution in [3.63, 3.8) is 0 Å². The van der Waals surface area contributed by atoms with E-state index in [1.807, 2.05) is 0 Å². The number of hydrogen-bond acceptors (Lipinski definition) is 2. The minimum absolute atomic E-state index is 0.731. The van der Waals surface area contributed by atoms with Gasteiger partial charge in [-0.1, -0.05) is 13.8 Å².